The molecule has 1 amide bonds. The first kappa shape index (κ1) is 56.9. The molecule has 0 aromatic carbocycles. The molecule has 1 aliphatic rings. The first-order chi connectivity index (χ1) is 29.3. The summed E-state index contributed by atoms with van der Waals surface area (Å²) in [5.74, 6) is -0.586. The van der Waals surface area contributed by atoms with Gasteiger partial charge in [0.05, 0.1) is 25.4 Å². The Balaban J connectivity index is 2.32. The minimum Gasteiger partial charge on any atom is -0.394 e. The van der Waals surface area contributed by atoms with Crippen molar-refractivity contribution in [3.05, 3.63) is 12.2 Å². The molecule has 1 heterocycles. The van der Waals surface area contributed by atoms with E-state index in [1.54, 1.807) is 0 Å². The van der Waals surface area contributed by atoms with Crippen LogP contribution in [0.4, 0.5) is 0 Å². The predicted octanol–water partition coefficient (Wildman–Crippen LogP) is 10.3. The summed E-state index contributed by atoms with van der Waals surface area (Å²) in [4.78, 5) is 13.1. The summed E-state index contributed by atoms with van der Waals surface area (Å²) >= 11 is 0. The van der Waals surface area contributed by atoms with Gasteiger partial charge in [0.1, 0.15) is 30.5 Å². The largest absolute Gasteiger partial charge is 0.394 e. The number of aliphatic hydroxyl groups is 6. The fourth-order valence-electron chi connectivity index (χ4n) is 8.28. The standard InChI is InChI=1S/C50H97NO9/c1-3-5-7-9-11-13-15-17-19-20-21-22-23-25-27-29-31-33-35-37-39-44(54)49(58)51-42(41-59-50-48(57)47(56)46(55)45(40-52)60-50)43(53)38-36-34-32-30-28-26-24-18-16-14-12-10-8-6-4-2/h22-23,42-48,50,52-57H,3-21,24-41H2,1-2H3,(H,51,58)/b23-22-. The Morgan fingerprint density at radius 2 is 0.933 bits per heavy atom. The predicted molar refractivity (Wildman–Crippen MR) is 246 cm³/mol. The molecule has 10 heteroatoms. The number of rotatable bonds is 43. The van der Waals surface area contributed by atoms with E-state index in [1.807, 2.05) is 0 Å². The zero-order valence-electron chi connectivity index (χ0n) is 38.8. The van der Waals surface area contributed by atoms with Crippen LogP contribution in [0.3, 0.4) is 0 Å². The fraction of sp³-hybridized carbons (Fsp3) is 0.940. The van der Waals surface area contributed by atoms with Crippen molar-refractivity contribution in [2.75, 3.05) is 13.2 Å². The molecule has 10 nitrogen and oxygen atoms in total. The monoisotopic (exact) mass is 856 g/mol. The van der Waals surface area contributed by atoms with Crippen LogP contribution in [-0.4, -0.2) is 98.7 Å². The van der Waals surface area contributed by atoms with Crippen molar-refractivity contribution < 1.29 is 44.9 Å². The highest BCUT2D eigenvalue weighted by Crippen LogP contribution is 2.23. The summed E-state index contributed by atoms with van der Waals surface area (Å²) in [5.41, 5.74) is 0. The van der Waals surface area contributed by atoms with Crippen LogP contribution < -0.4 is 5.32 Å². The van der Waals surface area contributed by atoms with Crippen LogP contribution in [0.15, 0.2) is 12.2 Å². The van der Waals surface area contributed by atoms with Crippen LogP contribution >= 0.6 is 0 Å². The van der Waals surface area contributed by atoms with Crippen molar-refractivity contribution in [3.63, 3.8) is 0 Å². The van der Waals surface area contributed by atoms with Crippen molar-refractivity contribution in [3.8, 4) is 0 Å². The van der Waals surface area contributed by atoms with Gasteiger partial charge in [0, 0.05) is 0 Å². The smallest absolute Gasteiger partial charge is 0.249 e. The minimum atomic E-state index is -1.60. The number of carbonyl (C=O) groups is 1. The van der Waals surface area contributed by atoms with E-state index in [-0.39, 0.29) is 6.61 Å². The topological polar surface area (TPSA) is 169 Å². The second-order valence-corrected chi connectivity index (χ2v) is 18.1. The van der Waals surface area contributed by atoms with Crippen molar-refractivity contribution in [1.82, 2.24) is 5.32 Å². The van der Waals surface area contributed by atoms with Crippen molar-refractivity contribution in [2.45, 2.75) is 288 Å². The summed E-state index contributed by atoms with van der Waals surface area (Å²) in [5, 5.41) is 65.0. The average molecular weight is 856 g/mol. The summed E-state index contributed by atoms with van der Waals surface area (Å²) < 4.78 is 11.2. The zero-order chi connectivity index (χ0) is 43.9. The third-order valence-electron chi connectivity index (χ3n) is 12.5. The van der Waals surface area contributed by atoms with Crippen molar-refractivity contribution in [2.24, 2.45) is 0 Å². The summed E-state index contributed by atoms with van der Waals surface area (Å²) in [6.45, 7) is 3.68. The molecule has 1 aliphatic heterocycles. The number of hydrogen-bond acceptors (Lipinski definition) is 9. The lowest BCUT2D eigenvalue weighted by atomic mass is 9.99. The van der Waals surface area contributed by atoms with E-state index < -0.39 is 61.5 Å². The number of amides is 1. The lowest BCUT2D eigenvalue weighted by Gasteiger charge is -2.40. The molecule has 0 aromatic rings. The average Bonchev–Trinajstić information content (AvgIpc) is 3.25. The Bertz CT molecular complexity index is 968. The highest BCUT2D eigenvalue weighted by atomic mass is 16.7. The van der Waals surface area contributed by atoms with E-state index in [9.17, 15) is 35.4 Å². The van der Waals surface area contributed by atoms with Gasteiger partial charge in [-0.2, -0.15) is 0 Å². The molecular formula is C50H97NO9. The lowest BCUT2D eigenvalue weighted by Crippen LogP contribution is -2.60. The Morgan fingerprint density at radius 3 is 1.35 bits per heavy atom. The highest BCUT2D eigenvalue weighted by Gasteiger charge is 2.44. The van der Waals surface area contributed by atoms with Crippen molar-refractivity contribution in [1.29, 1.82) is 0 Å². The van der Waals surface area contributed by atoms with Gasteiger partial charge in [0.25, 0.3) is 0 Å². The van der Waals surface area contributed by atoms with Crippen molar-refractivity contribution >= 4 is 5.91 Å². The third kappa shape index (κ3) is 30.1. The van der Waals surface area contributed by atoms with E-state index in [0.29, 0.717) is 12.8 Å². The van der Waals surface area contributed by atoms with Gasteiger partial charge >= 0.3 is 0 Å². The second-order valence-electron chi connectivity index (χ2n) is 18.1. The van der Waals surface area contributed by atoms with E-state index in [2.05, 4.69) is 31.3 Å². The molecule has 1 fully saturated rings. The molecule has 0 bridgehead atoms. The Kier molecular flexibility index (Phi) is 38.6. The summed E-state index contributed by atoms with van der Waals surface area (Å²) in [6.07, 6.45) is 36.9. The van der Waals surface area contributed by atoms with Crippen LogP contribution in [-0.2, 0) is 14.3 Å². The molecule has 7 N–H and O–H groups in total. The molecule has 1 saturated heterocycles. The first-order valence-corrected chi connectivity index (χ1v) is 25.5. The molecule has 0 spiro atoms. The van der Waals surface area contributed by atoms with Gasteiger partial charge in [-0.05, 0) is 38.5 Å². The summed E-state index contributed by atoms with van der Waals surface area (Å²) in [6, 6.07) is -0.893. The number of carbonyl (C=O) groups excluding carboxylic acids is 1. The Hall–Kier alpha value is -1.11. The molecule has 8 unspecified atom stereocenters. The molecule has 8 atom stereocenters. The van der Waals surface area contributed by atoms with Gasteiger partial charge in [-0.1, -0.05) is 212 Å². The Labute approximate surface area is 368 Å². The summed E-state index contributed by atoms with van der Waals surface area (Å²) in [7, 11) is 0. The van der Waals surface area contributed by atoms with Gasteiger partial charge in [-0.15, -0.1) is 0 Å². The van der Waals surface area contributed by atoms with Crippen LogP contribution in [0.2, 0.25) is 0 Å². The quantitative estimate of drug-likeness (QED) is 0.0233. The van der Waals surface area contributed by atoms with Gasteiger partial charge in [0.15, 0.2) is 6.29 Å². The van der Waals surface area contributed by atoms with E-state index in [4.69, 9.17) is 9.47 Å². The number of hydrogen-bond donors (Lipinski definition) is 7. The van der Waals surface area contributed by atoms with E-state index >= 15 is 0 Å². The van der Waals surface area contributed by atoms with Gasteiger partial charge < -0.3 is 45.4 Å². The minimum absolute atomic E-state index is 0.254. The van der Waals surface area contributed by atoms with Crippen LogP contribution in [0, 0.1) is 0 Å². The molecule has 1 rings (SSSR count). The molecule has 0 aliphatic carbocycles. The number of aliphatic hydroxyl groups excluding tert-OH is 6. The highest BCUT2D eigenvalue weighted by molar-refractivity contribution is 5.80. The number of ether oxygens (including phenoxy) is 2. The third-order valence-corrected chi connectivity index (χ3v) is 12.5. The van der Waals surface area contributed by atoms with E-state index in [1.165, 1.54) is 154 Å². The van der Waals surface area contributed by atoms with Crippen LogP contribution in [0.1, 0.15) is 239 Å². The first-order valence-electron chi connectivity index (χ1n) is 25.5. The fourth-order valence-corrected chi connectivity index (χ4v) is 8.28. The van der Waals surface area contributed by atoms with Gasteiger partial charge in [-0.25, -0.2) is 0 Å². The molecule has 0 radical (unpaired) electrons. The number of nitrogens with one attached hydrogen (secondary N) is 1. The van der Waals surface area contributed by atoms with E-state index in [0.717, 1.165) is 57.8 Å². The molecule has 0 aromatic heterocycles. The molecule has 356 valence electrons. The maximum absolute atomic E-state index is 13.1. The van der Waals surface area contributed by atoms with Gasteiger partial charge in [-0.3, -0.25) is 4.79 Å². The normalized spacial score (nSPS) is 21.1. The molecule has 0 saturated carbocycles. The Morgan fingerprint density at radius 1 is 0.550 bits per heavy atom. The molecule has 60 heavy (non-hydrogen) atoms. The van der Waals surface area contributed by atoms with Crippen LogP contribution in [0.5, 0.6) is 0 Å². The lowest BCUT2D eigenvalue weighted by molar-refractivity contribution is -0.302. The maximum atomic E-state index is 13.1. The zero-order valence-corrected chi connectivity index (χ0v) is 38.8. The number of unbranched alkanes of at least 4 members (excludes halogenated alkanes) is 30. The van der Waals surface area contributed by atoms with Gasteiger partial charge in [0.2, 0.25) is 5.91 Å². The maximum Gasteiger partial charge on any atom is 0.249 e. The molecular weight excluding hydrogens is 759 g/mol. The SMILES string of the molecule is CCCCCCCCCCCC/C=C\CCCCCCCCC(O)C(=O)NC(COC1OC(CO)C(O)C(O)C1O)C(O)CCCCCCCCCCCCCCCCC. The van der Waals surface area contributed by atoms with Crippen LogP contribution in [0.25, 0.3) is 0 Å². The second kappa shape index (κ2) is 40.7. The number of allylic oxidation sites excluding steroid dienone is 2.